The molecule has 1 aromatic heterocycles. The van der Waals surface area contributed by atoms with E-state index in [2.05, 4.69) is 15.6 Å². The fraction of sp³-hybridized carbons (Fsp3) is 0.346. The monoisotopic (exact) mass is 534 g/mol. The van der Waals surface area contributed by atoms with E-state index in [1.807, 2.05) is 13.8 Å². The van der Waals surface area contributed by atoms with Crippen LogP contribution in [0.2, 0.25) is 5.02 Å². The molecule has 37 heavy (non-hydrogen) atoms. The first kappa shape index (κ1) is 28.1. The highest BCUT2D eigenvalue weighted by Gasteiger charge is 2.29. The highest BCUT2D eigenvalue weighted by molar-refractivity contribution is 6.31. The largest absolute Gasteiger partial charge is 0.465 e. The van der Waals surface area contributed by atoms with Gasteiger partial charge in [-0.3, -0.25) is 5.32 Å². The van der Waals surface area contributed by atoms with Crippen LogP contribution in [0.3, 0.4) is 0 Å². The molecule has 3 amide bonds. The molecule has 1 unspecified atom stereocenters. The number of hydrogen-bond acceptors (Lipinski definition) is 4. The van der Waals surface area contributed by atoms with Gasteiger partial charge in [0.1, 0.15) is 17.5 Å². The van der Waals surface area contributed by atoms with Crippen LogP contribution in [-0.2, 0) is 13.0 Å². The van der Waals surface area contributed by atoms with E-state index in [0.29, 0.717) is 22.8 Å². The van der Waals surface area contributed by atoms with Crippen molar-refractivity contribution in [3.05, 3.63) is 70.4 Å². The Morgan fingerprint density at radius 2 is 1.92 bits per heavy atom. The third-order valence-electron chi connectivity index (χ3n) is 6.18. The lowest BCUT2D eigenvalue weighted by molar-refractivity contribution is 0.110. The number of hydrogen-bond donors (Lipinski definition) is 4. The number of aromatic nitrogens is 1. The molecule has 198 valence electrons. The molecule has 0 aliphatic carbocycles. The zero-order chi connectivity index (χ0) is 27.3. The third-order valence-corrected chi connectivity index (χ3v) is 6.60. The number of carbonyl (C=O) groups is 2. The molecule has 1 atom stereocenters. The summed E-state index contributed by atoms with van der Waals surface area (Å²) in [7, 11) is 1.56. The van der Waals surface area contributed by atoms with Gasteiger partial charge >= 0.3 is 12.1 Å². The first-order valence-corrected chi connectivity index (χ1v) is 11.9. The Bertz CT molecular complexity index is 1310. The van der Waals surface area contributed by atoms with E-state index in [-0.39, 0.29) is 36.0 Å². The van der Waals surface area contributed by atoms with Crippen LogP contribution in [0.4, 0.5) is 24.2 Å². The molecule has 4 N–H and O–H groups in total. The lowest BCUT2D eigenvalue weighted by Gasteiger charge is -2.34. The molecule has 1 heterocycles. The van der Waals surface area contributed by atoms with Crippen LogP contribution in [0.15, 0.2) is 42.6 Å². The summed E-state index contributed by atoms with van der Waals surface area (Å²) < 4.78 is 28.9. The van der Waals surface area contributed by atoms with Crippen molar-refractivity contribution >= 4 is 40.3 Å². The smallest absolute Gasteiger partial charge is 0.410 e. The molecule has 2 aromatic carbocycles. The van der Waals surface area contributed by atoms with Gasteiger partial charge in [0, 0.05) is 37.8 Å². The van der Waals surface area contributed by atoms with E-state index in [9.17, 15) is 19.1 Å². The number of aliphatic hydroxyl groups excluding tert-OH is 1. The number of halogens is 3. The van der Waals surface area contributed by atoms with Gasteiger partial charge in [0.15, 0.2) is 0 Å². The van der Waals surface area contributed by atoms with Crippen molar-refractivity contribution in [3.8, 4) is 0 Å². The summed E-state index contributed by atoms with van der Waals surface area (Å²) in [5.41, 5.74) is 0.0885. The second-order valence-electron chi connectivity index (χ2n) is 9.61. The minimum Gasteiger partial charge on any atom is -0.465 e. The zero-order valence-electron chi connectivity index (χ0n) is 20.7. The van der Waals surface area contributed by atoms with Crippen molar-refractivity contribution in [1.82, 2.24) is 15.2 Å². The maximum atomic E-state index is 15.1. The van der Waals surface area contributed by atoms with E-state index in [1.165, 1.54) is 41.4 Å². The molecule has 3 aromatic rings. The highest BCUT2D eigenvalue weighted by atomic mass is 35.5. The average molecular weight is 535 g/mol. The Kier molecular flexibility index (Phi) is 8.88. The number of fused-ring (bicyclic) bond motifs is 1. The number of anilines is 1. The van der Waals surface area contributed by atoms with Crippen LogP contribution in [0.1, 0.15) is 31.4 Å². The van der Waals surface area contributed by atoms with Crippen molar-refractivity contribution in [2.45, 2.75) is 39.3 Å². The predicted molar refractivity (Wildman–Crippen MR) is 138 cm³/mol. The minimum atomic E-state index is -1.30. The Morgan fingerprint density at radius 3 is 2.59 bits per heavy atom. The molecule has 0 aliphatic heterocycles. The van der Waals surface area contributed by atoms with E-state index in [1.54, 1.807) is 13.1 Å². The number of rotatable bonds is 9. The van der Waals surface area contributed by atoms with Gasteiger partial charge in [-0.2, -0.15) is 0 Å². The first-order chi connectivity index (χ1) is 17.4. The number of benzene rings is 2. The number of carbonyl (C=O) groups excluding carboxylic acids is 1. The predicted octanol–water partition coefficient (Wildman–Crippen LogP) is 5.42. The fourth-order valence-electron chi connectivity index (χ4n) is 4.07. The van der Waals surface area contributed by atoms with E-state index in [4.69, 9.17) is 16.7 Å². The third kappa shape index (κ3) is 7.05. The summed E-state index contributed by atoms with van der Waals surface area (Å²) in [4.78, 5) is 29.6. The summed E-state index contributed by atoms with van der Waals surface area (Å²) >= 11 is 5.99. The number of amides is 3. The Hall–Kier alpha value is -3.50. The van der Waals surface area contributed by atoms with Gasteiger partial charge in [0.2, 0.25) is 0 Å². The molecule has 11 heteroatoms. The molecule has 0 saturated heterocycles. The molecular weight excluding hydrogens is 506 g/mol. The van der Waals surface area contributed by atoms with Gasteiger partial charge in [-0.1, -0.05) is 37.6 Å². The summed E-state index contributed by atoms with van der Waals surface area (Å²) in [6, 6.07) is 7.54. The Labute approximate surface area is 218 Å². The first-order valence-electron chi connectivity index (χ1n) is 11.5. The van der Waals surface area contributed by atoms with Gasteiger partial charge in [-0.25, -0.2) is 23.4 Å². The summed E-state index contributed by atoms with van der Waals surface area (Å²) in [5, 5.41) is 24.7. The van der Waals surface area contributed by atoms with E-state index in [0.717, 1.165) is 0 Å². The van der Waals surface area contributed by atoms with Gasteiger partial charge < -0.3 is 20.4 Å². The molecule has 0 spiro atoms. The molecule has 8 nitrogen and oxygen atoms in total. The second-order valence-corrected chi connectivity index (χ2v) is 9.99. The minimum absolute atomic E-state index is 0.0194. The molecule has 0 bridgehead atoms. The lowest BCUT2D eigenvalue weighted by Crippen LogP contribution is -2.46. The summed E-state index contributed by atoms with van der Waals surface area (Å²) in [6.07, 6.45) is 0.542. The van der Waals surface area contributed by atoms with Crippen LogP contribution in [0.5, 0.6) is 0 Å². The number of nitrogens with zero attached hydrogens (tertiary/aromatic N) is 2. The van der Waals surface area contributed by atoms with Crippen molar-refractivity contribution < 1.29 is 28.6 Å². The number of likely N-dealkylation sites (N-methyl/N-ethyl adjacent to an activating group) is 1. The number of aliphatic hydroxyl groups is 1. The van der Waals surface area contributed by atoms with Gasteiger partial charge in [-0.15, -0.1) is 0 Å². The Balaban J connectivity index is 1.92. The summed E-state index contributed by atoms with van der Waals surface area (Å²) in [6.45, 7) is 3.48. The van der Waals surface area contributed by atoms with Crippen molar-refractivity contribution in [1.29, 1.82) is 0 Å². The van der Waals surface area contributed by atoms with E-state index < -0.39 is 35.2 Å². The Morgan fingerprint density at radius 1 is 1.19 bits per heavy atom. The van der Waals surface area contributed by atoms with Crippen molar-refractivity contribution in [3.63, 3.8) is 0 Å². The van der Waals surface area contributed by atoms with Crippen molar-refractivity contribution in [2.75, 3.05) is 19.0 Å². The highest BCUT2D eigenvalue weighted by Crippen LogP contribution is 2.30. The molecular formula is C26H29ClF2N4O4. The zero-order valence-corrected chi connectivity index (χ0v) is 21.4. The normalized spacial score (nSPS) is 12.3. The fourth-order valence-corrected chi connectivity index (χ4v) is 4.26. The van der Waals surface area contributed by atoms with Gasteiger partial charge in [-0.05, 0) is 59.0 Å². The van der Waals surface area contributed by atoms with E-state index >= 15 is 4.39 Å². The molecule has 0 aliphatic rings. The van der Waals surface area contributed by atoms with Crippen LogP contribution < -0.4 is 10.6 Å². The maximum absolute atomic E-state index is 15.1. The SMILES string of the molecule is CN(C(=O)NCc1cccc(F)c1Cl)C(Cc1c(F)ccc2cnc(NC(=O)O)cc12)CC(C)(C)CO. The number of pyridine rings is 1. The molecule has 3 rings (SSSR count). The standard InChI is InChI=1S/C26H29ClF2N4O4/c1-26(2,14-34)11-17(33(3)24(35)31-13-16-5-4-6-21(29)23(16)27)9-19-18-10-22(32-25(36)37)30-12-15(18)7-8-20(19)28/h4-8,10,12,17,34H,9,11,13-14H2,1-3H3,(H,30,32)(H,31,35)(H,36,37). The van der Waals surface area contributed by atoms with Crippen LogP contribution in [-0.4, -0.2) is 51.9 Å². The molecule has 0 fully saturated rings. The van der Waals surface area contributed by atoms with Crippen molar-refractivity contribution in [2.24, 2.45) is 5.41 Å². The topological polar surface area (TPSA) is 115 Å². The molecule has 0 radical (unpaired) electrons. The van der Waals surface area contributed by atoms with Gasteiger partial charge in [0.05, 0.1) is 5.02 Å². The summed E-state index contributed by atoms with van der Waals surface area (Å²) in [5.74, 6) is -1.08. The van der Waals surface area contributed by atoms with Crippen LogP contribution in [0.25, 0.3) is 10.8 Å². The number of urea groups is 1. The molecule has 0 saturated carbocycles. The van der Waals surface area contributed by atoms with Gasteiger partial charge in [0.25, 0.3) is 0 Å². The second kappa shape index (κ2) is 11.7. The lowest BCUT2D eigenvalue weighted by atomic mass is 9.83. The maximum Gasteiger partial charge on any atom is 0.410 e. The average Bonchev–Trinajstić information content (AvgIpc) is 2.85. The number of carboxylic acid groups (broad SMARTS) is 1. The van der Waals surface area contributed by atoms with Crippen LogP contribution >= 0.6 is 11.6 Å². The quantitative estimate of drug-likeness (QED) is 0.293. The number of nitrogens with one attached hydrogen (secondary N) is 2. The van der Waals surface area contributed by atoms with Crippen LogP contribution in [0, 0.1) is 17.0 Å².